The molecule has 1 aromatic carbocycles. The summed E-state index contributed by atoms with van der Waals surface area (Å²) in [6.07, 6.45) is 5.31. The van der Waals surface area contributed by atoms with Crippen LogP contribution in [0.4, 0.5) is 9.18 Å². The number of benzene rings is 1. The third kappa shape index (κ3) is 5.68. The first-order valence-electron chi connectivity index (χ1n) is 8.75. The van der Waals surface area contributed by atoms with Crippen LogP contribution in [0.3, 0.4) is 0 Å². The highest BCUT2D eigenvalue weighted by atomic mass is 35.5. The van der Waals surface area contributed by atoms with Gasteiger partial charge in [-0.25, -0.2) is 9.18 Å². The van der Waals surface area contributed by atoms with Crippen molar-refractivity contribution in [3.05, 3.63) is 34.6 Å². The fourth-order valence-corrected chi connectivity index (χ4v) is 3.28. The van der Waals surface area contributed by atoms with Gasteiger partial charge >= 0.3 is 6.03 Å². The zero-order valence-corrected chi connectivity index (χ0v) is 15.5. The molecule has 1 aromatic rings. The van der Waals surface area contributed by atoms with Crippen molar-refractivity contribution in [3.8, 4) is 0 Å². The smallest absolute Gasteiger partial charge is 0.321 e. The van der Waals surface area contributed by atoms with Gasteiger partial charge in [0.05, 0.1) is 17.6 Å². The average molecular weight is 371 g/mol. The maximum absolute atomic E-state index is 13.9. The van der Waals surface area contributed by atoms with Crippen LogP contribution >= 0.6 is 11.6 Å². The number of quaternary nitrogens is 1. The van der Waals surface area contributed by atoms with Crippen molar-refractivity contribution < 1.29 is 18.9 Å². The number of urea groups is 1. The number of imide groups is 1. The molecule has 1 saturated carbocycles. The number of halogens is 2. The lowest BCUT2D eigenvalue weighted by atomic mass is 9.96. The molecule has 1 aliphatic rings. The Morgan fingerprint density at radius 1 is 1.32 bits per heavy atom. The third-order valence-electron chi connectivity index (χ3n) is 4.83. The van der Waals surface area contributed by atoms with Crippen LogP contribution in [0.15, 0.2) is 18.2 Å². The maximum Gasteiger partial charge on any atom is 0.321 e. The van der Waals surface area contributed by atoms with Gasteiger partial charge in [-0.1, -0.05) is 36.9 Å². The summed E-state index contributed by atoms with van der Waals surface area (Å²) >= 11 is 6.03. The van der Waals surface area contributed by atoms with E-state index in [2.05, 4.69) is 10.6 Å². The number of hydrogen-bond acceptors (Lipinski definition) is 2. The van der Waals surface area contributed by atoms with Gasteiger partial charge in [-0.05, 0) is 31.9 Å². The number of likely N-dealkylation sites (N-methyl/N-ethyl adjacent to an activating group) is 1. The van der Waals surface area contributed by atoms with Gasteiger partial charge in [0.25, 0.3) is 5.91 Å². The molecule has 7 heteroatoms. The molecule has 1 unspecified atom stereocenters. The number of nitrogens with one attached hydrogen (secondary N) is 3. The summed E-state index contributed by atoms with van der Waals surface area (Å²) in [4.78, 5) is 25.0. The summed E-state index contributed by atoms with van der Waals surface area (Å²) < 4.78 is 13.9. The van der Waals surface area contributed by atoms with E-state index in [0.29, 0.717) is 10.6 Å². The summed E-state index contributed by atoms with van der Waals surface area (Å²) in [6, 6.07) is 3.67. The van der Waals surface area contributed by atoms with Crippen molar-refractivity contribution in [1.29, 1.82) is 0 Å². The minimum Gasteiger partial charge on any atom is -0.335 e. The van der Waals surface area contributed by atoms with Gasteiger partial charge in [0.1, 0.15) is 12.4 Å². The molecule has 3 amide bonds. The molecule has 2 atom stereocenters. The summed E-state index contributed by atoms with van der Waals surface area (Å²) in [5.41, 5.74) is 0.368. The Balaban J connectivity index is 1.86. The highest BCUT2D eigenvalue weighted by Crippen LogP contribution is 2.18. The lowest BCUT2D eigenvalue weighted by Gasteiger charge is -2.24. The van der Waals surface area contributed by atoms with Gasteiger partial charge in [0.2, 0.25) is 0 Å². The normalized spacial score (nSPS) is 17.6. The summed E-state index contributed by atoms with van der Waals surface area (Å²) in [5, 5.41) is 5.57. The lowest BCUT2D eigenvalue weighted by Crippen LogP contribution is -3.12. The molecule has 138 valence electrons. The number of amides is 3. The van der Waals surface area contributed by atoms with Crippen molar-refractivity contribution in [2.45, 2.75) is 57.7 Å². The minimum absolute atomic E-state index is 0.138. The Labute approximate surface area is 152 Å². The molecule has 0 aromatic heterocycles. The lowest BCUT2D eigenvalue weighted by molar-refractivity contribution is -0.908. The minimum atomic E-state index is -0.521. The van der Waals surface area contributed by atoms with Crippen LogP contribution in [0.1, 0.15) is 44.6 Å². The van der Waals surface area contributed by atoms with E-state index < -0.39 is 23.8 Å². The first kappa shape index (κ1) is 19.7. The largest absolute Gasteiger partial charge is 0.335 e. The van der Waals surface area contributed by atoms with Gasteiger partial charge in [-0.15, -0.1) is 0 Å². The van der Waals surface area contributed by atoms with Crippen molar-refractivity contribution in [2.75, 3.05) is 7.05 Å². The summed E-state index contributed by atoms with van der Waals surface area (Å²) in [6.45, 7) is 1.96. The molecular weight excluding hydrogens is 345 g/mol. The van der Waals surface area contributed by atoms with Gasteiger partial charge in [0, 0.05) is 6.04 Å². The first-order valence-corrected chi connectivity index (χ1v) is 9.13. The number of carbonyl (C=O) groups is 2. The number of carbonyl (C=O) groups excluding carboxylic acids is 2. The third-order valence-corrected chi connectivity index (χ3v) is 5.18. The monoisotopic (exact) mass is 370 g/mol. The standard InChI is InChI=1S/C18H25ClFN3O2/c1-12(23(2)11-14-15(19)9-6-10-16(14)20)17(24)22-18(25)21-13-7-4-3-5-8-13/h6,9-10,12-13H,3-5,7-8,11H2,1-2H3,(H2,21,22,24,25)/p+1/t12-/m0/s1. The Morgan fingerprint density at radius 3 is 2.64 bits per heavy atom. The predicted molar refractivity (Wildman–Crippen MR) is 95.0 cm³/mol. The van der Waals surface area contributed by atoms with E-state index in [1.807, 2.05) is 0 Å². The second-order valence-corrected chi connectivity index (χ2v) is 7.15. The molecule has 25 heavy (non-hydrogen) atoms. The Kier molecular flexibility index (Phi) is 7.20. The zero-order valence-electron chi connectivity index (χ0n) is 14.7. The topological polar surface area (TPSA) is 62.6 Å². The molecule has 5 nitrogen and oxygen atoms in total. The van der Waals surface area contributed by atoms with E-state index in [1.54, 1.807) is 26.1 Å². The van der Waals surface area contributed by atoms with E-state index >= 15 is 0 Å². The van der Waals surface area contributed by atoms with E-state index in [1.165, 1.54) is 12.5 Å². The number of hydrogen-bond donors (Lipinski definition) is 3. The maximum atomic E-state index is 13.9. The van der Waals surface area contributed by atoms with Crippen LogP contribution in [0, 0.1) is 5.82 Å². The van der Waals surface area contributed by atoms with Crippen LogP contribution in [-0.2, 0) is 11.3 Å². The van der Waals surface area contributed by atoms with Crippen LogP contribution in [0.2, 0.25) is 5.02 Å². The zero-order chi connectivity index (χ0) is 18.4. The second kappa shape index (κ2) is 9.15. The van der Waals surface area contributed by atoms with E-state index in [9.17, 15) is 14.0 Å². The molecule has 0 bridgehead atoms. The summed E-state index contributed by atoms with van der Waals surface area (Å²) in [5.74, 6) is -0.784. The van der Waals surface area contributed by atoms with Crippen molar-refractivity contribution in [3.63, 3.8) is 0 Å². The molecule has 0 radical (unpaired) electrons. The molecule has 0 aliphatic heterocycles. The molecule has 0 spiro atoms. The van der Waals surface area contributed by atoms with Crippen LogP contribution in [-0.4, -0.2) is 31.1 Å². The summed E-state index contributed by atoms with van der Waals surface area (Å²) in [7, 11) is 1.77. The van der Waals surface area contributed by atoms with E-state index in [4.69, 9.17) is 11.6 Å². The highest BCUT2D eigenvalue weighted by molar-refractivity contribution is 6.31. The average Bonchev–Trinajstić information content (AvgIpc) is 2.58. The molecule has 1 aliphatic carbocycles. The van der Waals surface area contributed by atoms with Crippen LogP contribution in [0.25, 0.3) is 0 Å². The molecule has 1 fully saturated rings. The Bertz CT molecular complexity index is 600. The van der Waals surface area contributed by atoms with Crippen LogP contribution in [0.5, 0.6) is 0 Å². The molecule has 2 rings (SSSR count). The fourth-order valence-electron chi connectivity index (χ4n) is 3.05. The quantitative estimate of drug-likeness (QED) is 0.742. The molecule has 0 saturated heterocycles. The fraction of sp³-hybridized carbons (Fsp3) is 0.556. The second-order valence-electron chi connectivity index (χ2n) is 6.74. The Morgan fingerprint density at radius 2 is 2.00 bits per heavy atom. The van der Waals surface area contributed by atoms with Crippen molar-refractivity contribution >= 4 is 23.5 Å². The highest BCUT2D eigenvalue weighted by Gasteiger charge is 2.26. The van der Waals surface area contributed by atoms with Gasteiger partial charge in [0.15, 0.2) is 6.04 Å². The van der Waals surface area contributed by atoms with E-state index in [-0.39, 0.29) is 12.6 Å². The van der Waals surface area contributed by atoms with Crippen LogP contribution < -0.4 is 15.5 Å². The molecule has 3 N–H and O–H groups in total. The first-order chi connectivity index (χ1) is 11.9. The van der Waals surface area contributed by atoms with E-state index in [0.717, 1.165) is 30.6 Å². The predicted octanol–water partition coefficient (Wildman–Crippen LogP) is 2.04. The molecule has 0 heterocycles. The van der Waals surface area contributed by atoms with Gasteiger partial charge in [-0.2, -0.15) is 0 Å². The number of rotatable bonds is 5. The van der Waals surface area contributed by atoms with Crippen molar-refractivity contribution in [1.82, 2.24) is 10.6 Å². The van der Waals surface area contributed by atoms with Gasteiger partial charge < -0.3 is 10.2 Å². The Hall–Kier alpha value is -1.66. The van der Waals surface area contributed by atoms with Crippen molar-refractivity contribution in [2.24, 2.45) is 0 Å². The molecular formula is C18H26ClFN3O2+. The SMILES string of the molecule is C[C@@H](C(=O)NC(=O)NC1CCCCC1)[NH+](C)Cc1c(F)cccc1Cl. The van der Waals surface area contributed by atoms with Gasteiger partial charge in [-0.3, -0.25) is 10.1 Å².